The van der Waals surface area contributed by atoms with Crippen LogP contribution in [0, 0.1) is 0 Å². The zero-order valence-electron chi connectivity index (χ0n) is 15.9. The normalized spacial score (nSPS) is 12.2. The number of hydrogen-bond donors (Lipinski definition) is 0. The van der Waals surface area contributed by atoms with Gasteiger partial charge < -0.3 is 9.47 Å². The minimum Gasteiger partial charge on any atom is -0.456 e. The van der Waals surface area contributed by atoms with E-state index in [2.05, 4.69) is 26.8 Å². The van der Waals surface area contributed by atoms with Crippen LogP contribution in [-0.2, 0) is 22.3 Å². The van der Waals surface area contributed by atoms with Gasteiger partial charge in [-0.2, -0.15) is 0 Å². The average molecular weight is 335 g/mol. The van der Waals surface area contributed by atoms with Crippen molar-refractivity contribution < 1.29 is 14.3 Å². The highest BCUT2D eigenvalue weighted by molar-refractivity contribution is 5.90. The van der Waals surface area contributed by atoms with Gasteiger partial charge in [-0.1, -0.05) is 52.5 Å². The number of esters is 1. The van der Waals surface area contributed by atoms with E-state index in [4.69, 9.17) is 9.47 Å². The van der Waals surface area contributed by atoms with Crippen LogP contribution in [0.5, 0.6) is 0 Å². The van der Waals surface area contributed by atoms with Gasteiger partial charge in [-0.25, -0.2) is 4.79 Å². The summed E-state index contributed by atoms with van der Waals surface area (Å²) < 4.78 is 11.0. The molecule has 0 aliphatic carbocycles. The van der Waals surface area contributed by atoms with E-state index in [1.807, 2.05) is 12.1 Å². The summed E-state index contributed by atoms with van der Waals surface area (Å²) in [7, 11) is 1.66. The highest BCUT2D eigenvalue weighted by Crippen LogP contribution is 2.16. The van der Waals surface area contributed by atoms with Gasteiger partial charge in [0.1, 0.15) is 6.10 Å². The molecule has 1 rings (SSSR count). The van der Waals surface area contributed by atoms with Crippen molar-refractivity contribution in [2.45, 2.75) is 78.2 Å². The lowest BCUT2D eigenvalue weighted by Crippen LogP contribution is -2.23. The van der Waals surface area contributed by atoms with E-state index in [0.717, 1.165) is 25.7 Å². The first-order valence-corrected chi connectivity index (χ1v) is 9.47. The Morgan fingerprint density at radius 1 is 0.958 bits per heavy atom. The van der Waals surface area contributed by atoms with Crippen LogP contribution < -0.4 is 0 Å². The zero-order valence-corrected chi connectivity index (χ0v) is 15.9. The van der Waals surface area contributed by atoms with E-state index in [9.17, 15) is 4.79 Å². The average Bonchev–Trinajstić information content (AvgIpc) is 2.61. The van der Waals surface area contributed by atoms with E-state index < -0.39 is 0 Å². The van der Waals surface area contributed by atoms with E-state index in [1.165, 1.54) is 36.8 Å². The molecule has 0 saturated carbocycles. The van der Waals surface area contributed by atoms with Gasteiger partial charge in [0.2, 0.25) is 0 Å². The Morgan fingerprint density at radius 3 is 2.12 bits per heavy atom. The highest BCUT2D eigenvalue weighted by Gasteiger charge is 2.17. The molecular formula is C21H34O3. The third-order valence-electron chi connectivity index (χ3n) is 4.36. The quantitative estimate of drug-likeness (QED) is 0.382. The second-order valence-corrected chi connectivity index (χ2v) is 6.43. The summed E-state index contributed by atoms with van der Waals surface area (Å²) in [6.07, 6.45) is 8.61. The SMILES string of the molecule is CCCCCCCC(COC)OC(=O)c1cc(CC)cc(CC)c1. The third kappa shape index (κ3) is 7.48. The smallest absolute Gasteiger partial charge is 0.338 e. The van der Waals surface area contributed by atoms with Crippen LogP contribution in [0.25, 0.3) is 0 Å². The molecule has 136 valence electrons. The summed E-state index contributed by atoms with van der Waals surface area (Å²) in [6, 6.07) is 6.07. The predicted octanol–water partition coefficient (Wildman–Crippen LogP) is 5.34. The molecule has 0 saturated heterocycles. The number of benzene rings is 1. The van der Waals surface area contributed by atoms with Crippen LogP contribution >= 0.6 is 0 Å². The third-order valence-corrected chi connectivity index (χ3v) is 4.36. The van der Waals surface area contributed by atoms with Crippen LogP contribution in [0.3, 0.4) is 0 Å². The largest absolute Gasteiger partial charge is 0.456 e. The Labute approximate surface area is 147 Å². The molecule has 0 radical (unpaired) electrons. The first kappa shape index (κ1) is 20.7. The fourth-order valence-electron chi connectivity index (χ4n) is 2.85. The Hall–Kier alpha value is -1.35. The summed E-state index contributed by atoms with van der Waals surface area (Å²) in [4.78, 5) is 12.5. The van der Waals surface area contributed by atoms with Gasteiger partial charge in [0.05, 0.1) is 12.2 Å². The molecule has 0 aromatic heterocycles. The lowest BCUT2D eigenvalue weighted by Gasteiger charge is -2.18. The molecule has 24 heavy (non-hydrogen) atoms. The number of aryl methyl sites for hydroxylation is 2. The predicted molar refractivity (Wildman–Crippen MR) is 99.7 cm³/mol. The zero-order chi connectivity index (χ0) is 17.8. The summed E-state index contributed by atoms with van der Waals surface area (Å²) in [5.74, 6) is -0.226. The fourth-order valence-corrected chi connectivity index (χ4v) is 2.85. The number of hydrogen-bond acceptors (Lipinski definition) is 3. The summed E-state index contributed by atoms with van der Waals surface area (Å²) in [6.45, 7) is 6.89. The van der Waals surface area contributed by atoms with Gasteiger partial charge in [-0.3, -0.25) is 0 Å². The second kappa shape index (κ2) is 12.1. The van der Waals surface area contributed by atoms with Gasteiger partial charge in [-0.15, -0.1) is 0 Å². The number of ether oxygens (including phenoxy) is 2. The molecule has 3 heteroatoms. The van der Waals surface area contributed by atoms with Crippen molar-refractivity contribution in [3.63, 3.8) is 0 Å². The Bertz CT molecular complexity index is 460. The molecule has 0 bridgehead atoms. The second-order valence-electron chi connectivity index (χ2n) is 6.43. The lowest BCUT2D eigenvalue weighted by atomic mass is 10.0. The van der Waals surface area contributed by atoms with E-state index >= 15 is 0 Å². The Balaban J connectivity index is 2.63. The molecular weight excluding hydrogens is 300 g/mol. The van der Waals surface area contributed by atoms with Crippen molar-refractivity contribution in [3.05, 3.63) is 34.9 Å². The summed E-state index contributed by atoms with van der Waals surface area (Å²) >= 11 is 0. The van der Waals surface area contributed by atoms with Crippen molar-refractivity contribution in [3.8, 4) is 0 Å². The molecule has 1 unspecified atom stereocenters. The van der Waals surface area contributed by atoms with E-state index in [1.54, 1.807) is 7.11 Å². The molecule has 0 spiro atoms. The number of carbonyl (C=O) groups excluding carboxylic acids is 1. The number of rotatable bonds is 12. The van der Waals surface area contributed by atoms with Crippen LogP contribution in [-0.4, -0.2) is 25.8 Å². The van der Waals surface area contributed by atoms with Crippen LogP contribution in [0.4, 0.5) is 0 Å². The first-order valence-electron chi connectivity index (χ1n) is 9.47. The Morgan fingerprint density at radius 2 is 1.58 bits per heavy atom. The standard InChI is InChI=1S/C21H34O3/c1-5-8-9-10-11-12-20(16-23-4)24-21(22)19-14-17(6-2)13-18(7-3)15-19/h13-15,20H,5-12,16H2,1-4H3. The van der Waals surface area contributed by atoms with Gasteiger partial charge in [0.15, 0.2) is 0 Å². The molecule has 3 nitrogen and oxygen atoms in total. The van der Waals surface area contributed by atoms with E-state index in [-0.39, 0.29) is 12.1 Å². The number of unbranched alkanes of at least 4 members (excludes halogenated alkanes) is 4. The fraction of sp³-hybridized carbons (Fsp3) is 0.667. The molecule has 1 aromatic carbocycles. The van der Waals surface area contributed by atoms with Crippen LogP contribution in [0.2, 0.25) is 0 Å². The minimum absolute atomic E-state index is 0.153. The maximum atomic E-state index is 12.5. The van der Waals surface area contributed by atoms with Gasteiger partial charge in [-0.05, 0) is 48.9 Å². The molecule has 0 heterocycles. The highest BCUT2D eigenvalue weighted by atomic mass is 16.6. The summed E-state index contributed by atoms with van der Waals surface area (Å²) in [5, 5.41) is 0. The van der Waals surface area contributed by atoms with E-state index in [0.29, 0.717) is 12.2 Å². The molecule has 0 aliphatic heterocycles. The molecule has 1 atom stereocenters. The number of methoxy groups -OCH3 is 1. The van der Waals surface area contributed by atoms with Crippen molar-refractivity contribution in [1.29, 1.82) is 0 Å². The number of carbonyl (C=O) groups is 1. The maximum absolute atomic E-state index is 12.5. The van der Waals surface area contributed by atoms with Gasteiger partial charge >= 0.3 is 5.97 Å². The summed E-state index contributed by atoms with van der Waals surface area (Å²) in [5.41, 5.74) is 3.03. The van der Waals surface area contributed by atoms with Crippen molar-refractivity contribution >= 4 is 5.97 Å². The molecule has 0 N–H and O–H groups in total. The van der Waals surface area contributed by atoms with Gasteiger partial charge in [0.25, 0.3) is 0 Å². The maximum Gasteiger partial charge on any atom is 0.338 e. The topological polar surface area (TPSA) is 35.5 Å². The molecule has 0 fully saturated rings. The lowest BCUT2D eigenvalue weighted by molar-refractivity contribution is 0.00235. The van der Waals surface area contributed by atoms with Crippen molar-refractivity contribution in [2.75, 3.05) is 13.7 Å². The van der Waals surface area contributed by atoms with Crippen molar-refractivity contribution in [2.24, 2.45) is 0 Å². The molecule has 0 aliphatic rings. The first-order chi connectivity index (χ1) is 11.6. The molecule has 0 amide bonds. The molecule has 1 aromatic rings. The Kier molecular flexibility index (Phi) is 10.4. The van der Waals surface area contributed by atoms with Crippen molar-refractivity contribution in [1.82, 2.24) is 0 Å². The monoisotopic (exact) mass is 334 g/mol. The van der Waals surface area contributed by atoms with Gasteiger partial charge in [0, 0.05) is 7.11 Å². The van der Waals surface area contributed by atoms with Crippen LogP contribution in [0.1, 0.15) is 80.8 Å². The van der Waals surface area contributed by atoms with Crippen LogP contribution in [0.15, 0.2) is 18.2 Å². The minimum atomic E-state index is -0.226.